The molecule has 1 N–H and O–H groups in total. The van der Waals surface area contributed by atoms with Gasteiger partial charge in [-0.05, 0) is 18.2 Å². The molecule has 0 unspecified atom stereocenters. The molecule has 0 aliphatic heterocycles. The lowest BCUT2D eigenvalue weighted by Gasteiger charge is -2.04. The number of hydrogen-bond acceptors (Lipinski definition) is 4. The van der Waals surface area contributed by atoms with Gasteiger partial charge in [0.05, 0.1) is 18.3 Å². The molecule has 0 saturated heterocycles. The zero-order valence-corrected chi connectivity index (χ0v) is 10.1. The van der Waals surface area contributed by atoms with Gasteiger partial charge >= 0.3 is 0 Å². The molecule has 0 aliphatic rings. The molecule has 6 heteroatoms. The second-order valence-corrected chi connectivity index (χ2v) is 4.96. The van der Waals surface area contributed by atoms with Crippen LogP contribution in [0.4, 0.5) is 10.1 Å². The number of benzene rings is 1. The molecule has 0 fully saturated rings. The van der Waals surface area contributed by atoms with Crippen LogP contribution in [0.25, 0.3) is 0 Å². The molecule has 1 heterocycles. The molecule has 1 aromatic carbocycles. The molecule has 2 rings (SSSR count). The highest BCUT2D eigenvalue weighted by Gasteiger charge is 2.03. The highest BCUT2D eigenvalue weighted by molar-refractivity contribution is 7.15. The van der Waals surface area contributed by atoms with E-state index in [0.717, 1.165) is 5.01 Å². The van der Waals surface area contributed by atoms with Crippen molar-refractivity contribution in [3.63, 3.8) is 0 Å². The lowest BCUT2D eigenvalue weighted by molar-refractivity contribution is 0.624. The van der Waals surface area contributed by atoms with Crippen molar-refractivity contribution in [1.82, 2.24) is 4.98 Å². The van der Waals surface area contributed by atoms with Gasteiger partial charge in [0.2, 0.25) is 0 Å². The van der Waals surface area contributed by atoms with Gasteiger partial charge in [0, 0.05) is 5.69 Å². The van der Waals surface area contributed by atoms with E-state index in [-0.39, 0.29) is 5.56 Å². The summed E-state index contributed by atoms with van der Waals surface area (Å²) in [5.74, 6) is -0.518. The summed E-state index contributed by atoms with van der Waals surface area (Å²) in [5.41, 5.74) is 0.696. The Morgan fingerprint density at radius 2 is 2.35 bits per heavy atom. The molecule has 0 amide bonds. The van der Waals surface area contributed by atoms with Gasteiger partial charge < -0.3 is 5.32 Å². The zero-order valence-electron chi connectivity index (χ0n) is 8.58. The second-order valence-electron chi connectivity index (χ2n) is 3.22. The van der Waals surface area contributed by atoms with Crippen molar-refractivity contribution in [2.45, 2.75) is 6.54 Å². The summed E-state index contributed by atoms with van der Waals surface area (Å²) >= 11 is 7.12. The second kappa shape index (κ2) is 5.13. The number of anilines is 1. The fraction of sp³-hybridized carbons (Fsp3) is 0.0909. The normalized spacial score (nSPS) is 9.94. The highest BCUT2D eigenvalue weighted by Crippen LogP contribution is 2.20. The van der Waals surface area contributed by atoms with Crippen LogP contribution in [0.15, 0.2) is 24.4 Å². The molecule has 17 heavy (non-hydrogen) atoms. The van der Waals surface area contributed by atoms with Gasteiger partial charge in [-0.15, -0.1) is 11.3 Å². The van der Waals surface area contributed by atoms with E-state index < -0.39 is 5.82 Å². The van der Waals surface area contributed by atoms with Gasteiger partial charge in [-0.25, -0.2) is 9.37 Å². The Hall–Kier alpha value is -1.64. The third-order valence-corrected chi connectivity index (χ3v) is 3.17. The van der Waals surface area contributed by atoms with E-state index in [0.29, 0.717) is 16.6 Å². The third-order valence-electron chi connectivity index (χ3n) is 2.06. The van der Waals surface area contributed by atoms with E-state index in [1.807, 2.05) is 0 Å². The lowest BCUT2D eigenvalue weighted by atomic mass is 10.2. The number of rotatable bonds is 3. The predicted molar refractivity (Wildman–Crippen MR) is 65.6 cm³/mol. The van der Waals surface area contributed by atoms with Crippen LogP contribution < -0.4 is 5.32 Å². The van der Waals surface area contributed by atoms with Gasteiger partial charge in [0.25, 0.3) is 0 Å². The first-order chi connectivity index (χ1) is 8.19. The maximum Gasteiger partial charge on any atom is 0.141 e. The number of halogens is 2. The monoisotopic (exact) mass is 267 g/mol. The molecule has 86 valence electrons. The van der Waals surface area contributed by atoms with E-state index in [2.05, 4.69) is 10.3 Å². The molecule has 0 spiro atoms. The molecule has 0 aliphatic carbocycles. The lowest BCUT2D eigenvalue weighted by Crippen LogP contribution is -1.99. The smallest absolute Gasteiger partial charge is 0.141 e. The van der Waals surface area contributed by atoms with Crippen molar-refractivity contribution in [2.24, 2.45) is 0 Å². The van der Waals surface area contributed by atoms with E-state index >= 15 is 0 Å². The molecule has 0 atom stereocenters. The predicted octanol–water partition coefficient (Wildman–Crippen LogP) is 3.42. The first-order valence-electron chi connectivity index (χ1n) is 4.73. The molecule has 0 saturated carbocycles. The minimum absolute atomic E-state index is 0.0205. The number of hydrogen-bond donors (Lipinski definition) is 1. The van der Waals surface area contributed by atoms with E-state index in [9.17, 15) is 4.39 Å². The maximum absolute atomic E-state index is 13.1. The fourth-order valence-electron chi connectivity index (χ4n) is 1.27. The van der Waals surface area contributed by atoms with Crippen LogP contribution in [0, 0.1) is 17.1 Å². The Kier molecular flexibility index (Phi) is 3.57. The van der Waals surface area contributed by atoms with E-state index in [1.54, 1.807) is 18.3 Å². The van der Waals surface area contributed by atoms with Crippen molar-refractivity contribution in [3.8, 4) is 6.07 Å². The van der Waals surface area contributed by atoms with Gasteiger partial charge in [0.15, 0.2) is 0 Å². The molecule has 1 aromatic heterocycles. The van der Waals surface area contributed by atoms with Gasteiger partial charge in [0.1, 0.15) is 21.2 Å². The van der Waals surface area contributed by atoms with Gasteiger partial charge in [-0.3, -0.25) is 0 Å². The third kappa shape index (κ3) is 2.93. The van der Waals surface area contributed by atoms with Crippen LogP contribution in [0.1, 0.15) is 10.6 Å². The summed E-state index contributed by atoms with van der Waals surface area (Å²) in [4.78, 5) is 4.08. The summed E-state index contributed by atoms with van der Waals surface area (Å²) in [7, 11) is 0. The molecule has 0 bridgehead atoms. The van der Waals surface area contributed by atoms with Crippen molar-refractivity contribution >= 4 is 28.6 Å². The Morgan fingerprint density at radius 3 is 3.00 bits per heavy atom. The standard InChI is InChI=1S/C11H7ClFN3S/c12-10-5-16-11(17-10)6-15-8-1-2-9(13)7(3-8)4-14/h1-3,5,15H,6H2. The van der Waals surface area contributed by atoms with Crippen LogP contribution in [-0.4, -0.2) is 4.98 Å². The first-order valence-corrected chi connectivity index (χ1v) is 5.92. The largest absolute Gasteiger partial charge is 0.378 e. The molecule has 3 nitrogen and oxygen atoms in total. The number of nitrogens with zero attached hydrogens (tertiary/aromatic N) is 2. The van der Waals surface area contributed by atoms with Crippen LogP contribution in [0.5, 0.6) is 0 Å². The summed E-state index contributed by atoms with van der Waals surface area (Å²) in [6, 6.07) is 6.09. The zero-order chi connectivity index (χ0) is 12.3. The Morgan fingerprint density at radius 1 is 1.53 bits per heavy atom. The molecular weight excluding hydrogens is 261 g/mol. The summed E-state index contributed by atoms with van der Waals surface area (Å²) < 4.78 is 13.7. The minimum Gasteiger partial charge on any atom is -0.378 e. The van der Waals surface area contributed by atoms with E-state index in [4.69, 9.17) is 16.9 Å². The summed E-state index contributed by atoms with van der Waals surface area (Å²) in [5, 5.41) is 12.6. The average molecular weight is 268 g/mol. The van der Waals surface area contributed by atoms with Crippen molar-refractivity contribution < 1.29 is 4.39 Å². The average Bonchev–Trinajstić information content (AvgIpc) is 2.74. The Bertz CT molecular complexity index is 576. The van der Waals surface area contributed by atoms with Gasteiger partial charge in [-0.1, -0.05) is 11.6 Å². The van der Waals surface area contributed by atoms with Crippen molar-refractivity contribution in [1.29, 1.82) is 5.26 Å². The van der Waals surface area contributed by atoms with Gasteiger partial charge in [-0.2, -0.15) is 5.26 Å². The van der Waals surface area contributed by atoms with Crippen LogP contribution in [-0.2, 0) is 6.54 Å². The number of nitrogens with one attached hydrogen (secondary N) is 1. The van der Waals surface area contributed by atoms with Crippen LogP contribution >= 0.6 is 22.9 Å². The molecule has 0 radical (unpaired) electrons. The van der Waals surface area contributed by atoms with Crippen LogP contribution in [0.3, 0.4) is 0 Å². The van der Waals surface area contributed by atoms with Crippen molar-refractivity contribution in [2.75, 3.05) is 5.32 Å². The highest BCUT2D eigenvalue weighted by atomic mass is 35.5. The number of nitriles is 1. The molecular formula is C11H7ClFN3S. The minimum atomic E-state index is -0.518. The number of thiazole rings is 1. The van der Waals surface area contributed by atoms with Crippen molar-refractivity contribution in [3.05, 3.63) is 45.1 Å². The molecule has 2 aromatic rings. The Balaban J connectivity index is 2.07. The fourth-order valence-corrected chi connectivity index (χ4v) is 2.16. The maximum atomic E-state index is 13.1. The topological polar surface area (TPSA) is 48.7 Å². The SMILES string of the molecule is N#Cc1cc(NCc2ncc(Cl)s2)ccc1F. The van der Waals surface area contributed by atoms with Crippen LogP contribution in [0.2, 0.25) is 4.34 Å². The summed E-state index contributed by atoms with van der Waals surface area (Å²) in [6.45, 7) is 0.494. The Labute approximate surface area is 106 Å². The summed E-state index contributed by atoms with van der Waals surface area (Å²) in [6.07, 6.45) is 1.58. The first kappa shape index (κ1) is 11.8. The van der Waals surface area contributed by atoms with E-state index in [1.165, 1.54) is 23.5 Å². The quantitative estimate of drug-likeness (QED) is 0.927. The number of aromatic nitrogens is 1.